The zero-order chi connectivity index (χ0) is 16.2. The average molecular weight is 375 g/mol. The number of imide groups is 1. The maximum atomic E-state index is 11.9. The minimum Gasteiger partial charge on any atom is -0.478 e. The predicted molar refractivity (Wildman–Crippen MR) is 83.0 cm³/mol. The lowest BCUT2D eigenvalue weighted by Crippen LogP contribution is -2.40. The van der Waals surface area contributed by atoms with E-state index in [1.54, 1.807) is 7.05 Å². The molecule has 1 rings (SSSR count). The Kier molecular flexibility index (Phi) is 6.10. The Morgan fingerprint density at radius 3 is 2.43 bits per heavy atom. The molecule has 0 aliphatic rings. The van der Waals surface area contributed by atoms with Crippen molar-refractivity contribution in [2.24, 2.45) is 0 Å². The van der Waals surface area contributed by atoms with E-state index in [2.05, 4.69) is 21.2 Å². The summed E-state index contributed by atoms with van der Waals surface area (Å²) in [7, 11) is 1.55. The second-order valence-corrected chi connectivity index (χ2v) is 6.31. The summed E-state index contributed by atoms with van der Waals surface area (Å²) in [6.07, 6.45) is 0. The smallest absolute Gasteiger partial charge is 0.331 e. The van der Waals surface area contributed by atoms with Crippen molar-refractivity contribution in [3.63, 3.8) is 0 Å². The molecule has 6 nitrogen and oxygen atoms in total. The van der Waals surface area contributed by atoms with Crippen LogP contribution in [0.25, 0.3) is 0 Å². The number of urea groups is 1. The minimum absolute atomic E-state index is 0.00289. The molecule has 0 bridgehead atoms. The molecule has 21 heavy (non-hydrogen) atoms. The van der Waals surface area contributed by atoms with Gasteiger partial charge in [0.2, 0.25) is 0 Å². The molecule has 1 aromatic rings. The molecule has 3 amide bonds. The topological polar surface area (TPSA) is 86.7 Å². The van der Waals surface area contributed by atoms with E-state index in [1.807, 2.05) is 11.4 Å². The third kappa shape index (κ3) is 4.98. The van der Waals surface area contributed by atoms with Crippen molar-refractivity contribution in [2.75, 3.05) is 7.05 Å². The maximum absolute atomic E-state index is 11.9. The average Bonchev–Trinajstić information content (AvgIpc) is 2.81. The zero-order valence-electron chi connectivity index (χ0n) is 11.8. The first-order valence-corrected chi connectivity index (χ1v) is 7.59. The third-order valence-corrected chi connectivity index (χ3v) is 4.49. The van der Waals surface area contributed by atoms with Gasteiger partial charge in [-0.25, -0.2) is 9.59 Å². The minimum atomic E-state index is -1.19. The van der Waals surface area contributed by atoms with E-state index >= 15 is 0 Å². The summed E-state index contributed by atoms with van der Waals surface area (Å²) in [5.74, 6) is -1.90. The summed E-state index contributed by atoms with van der Waals surface area (Å²) in [4.78, 5) is 36.7. The van der Waals surface area contributed by atoms with Crippen molar-refractivity contribution in [3.8, 4) is 0 Å². The molecule has 0 fully saturated rings. The van der Waals surface area contributed by atoms with E-state index in [4.69, 9.17) is 5.11 Å². The van der Waals surface area contributed by atoms with E-state index < -0.39 is 17.9 Å². The van der Waals surface area contributed by atoms with E-state index in [9.17, 15) is 14.4 Å². The summed E-state index contributed by atoms with van der Waals surface area (Å²) < 4.78 is 0.934. The molecular weight excluding hydrogens is 360 g/mol. The number of nitrogens with one attached hydrogen (secondary N) is 1. The number of carboxylic acids is 1. The van der Waals surface area contributed by atoms with Crippen LogP contribution in [0.4, 0.5) is 4.79 Å². The van der Waals surface area contributed by atoms with E-state index in [1.165, 1.54) is 30.1 Å². The highest BCUT2D eigenvalue weighted by atomic mass is 79.9. The number of carbonyl (C=O) groups excluding carboxylic acids is 2. The van der Waals surface area contributed by atoms with Gasteiger partial charge in [0.05, 0.1) is 6.54 Å². The Morgan fingerprint density at radius 2 is 1.95 bits per heavy atom. The summed E-state index contributed by atoms with van der Waals surface area (Å²) in [6, 6.07) is 1.30. The van der Waals surface area contributed by atoms with Crippen LogP contribution in [-0.4, -0.2) is 35.0 Å². The zero-order valence-corrected chi connectivity index (χ0v) is 14.2. The van der Waals surface area contributed by atoms with Gasteiger partial charge in [-0.1, -0.05) is 0 Å². The SMILES string of the molecule is CC(C(=O)O)=C(C)C(=O)NC(=O)N(C)Cc1cc(Br)cs1. The monoisotopic (exact) mass is 374 g/mol. The second-order valence-electron chi connectivity index (χ2n) is 4.40. The molecule has 8 heteroatoms. The van der Waals surface area contributed by atoms with Crippen LogP contribution in [0.3, 0.4) is 0 Å². The van der Waals surface area contributed by atoms with Gasteiger partial charge in [0.25, 0.3) is 5.91 Å². The van der Waals surface area contributed by atoms with Crippen LogP contribution in [0, 0.1) is 0 Å². The molecule has 2 N–H and O–H groups in total. The van der Waals surface area contributed by atoms with Crippen LogP contribution >= 0.6 is 27.3 Å². The summed E-state index contributed by atoms with van der Waals surface area (Å²) in [6.45, 7) is 3.03. The maximum Gasteiger partial charge on any atom is 0.331 e. The van der Waals surface area contributed by atoms with Gasteiger partial charge in [-0.15, -0.1) is 11.3 Å². The van der Waals surface area contributed by atoms with Crippen LogP contribution in [0.2, 0.25) is 0 Å². The first kappa shape index (κ1) is 17.4. The molecule has 1 heterocycles. The van der Waals surface area contributed by atoms with Crippen LogP contribution in [0.5, 0.6) is 0 Å². The molecule has 0 unspecified atom stereocenters. The van der Waals surface area contributed by atoms with E-state index in [0.29, 0.717) is 6.54 Å². The fourth-order valence-electron chi connectivity index (χ4n) is 1.36. The van der Waals surface area contributed by atoms with Gasteiger partial charge in [-0.2, -0.15) is 0 Å². The van der Waals surface area contributed by atoms with Crippen molar-refractivity contribution in [3.05, 3.63) is 31.9 Å². The Labute approximate surface area is 134 Å². The molecular formula is C13H15BrN2O4S. The number of hydrogen-bond acceptors (Lipinski definition) is 4. The van der Waals surface area contributed by atoms with Crippen LogP contribution in [-0.2, 0) is 16.1 Å². The lowest BCUT2D eigenvalue weighted by Gasteiger charge is -2.16. The number of hydrogen-bond donors (Lipinski definition) is 2. The Balaban J connectivity index is 2.66. The molecule has 0 radical (unpaired) electrons. The summed E-state index contributed by atoms with van der Waals surface area (Å²) in [5, 5.41) is 12.9. The number of nitrogens with zero attached hydrogens (tertiary/aromatic N) is 1. The Bertz CT molecular complexity index is 609. The lowest BCUT2D eigenvalue weighted by atomic mass is 10.1. The molecule has 0 aliphatic carbocycles. The largest absolute Gasteiger partial charge is 0.478 e. The predicted octanol–water partition coefficient (Wildman–Crippen LogP) is 2.60. The van der Waals surface area contributed by atoms with E-state index in [0.717, 1.165) is 9.35 Å². The van der Waals surface area contributed by atoms with Crippen molar-refractivity contribution in [1.82, 2.24) is 10.2 Å². The molecule has 0 aromatic carbocycles. The first-order valence-electron chi connectivity index (χ1n) is 5.92. The first-order chi connectivity index (χ1) is 9.72. The van der Waals surface area contributed by atoms with Crippen molar-refractivity contribution in [2.45, 2.75) is 20.4 Å². The molecule has 114 valence electrons. The quantitative estimate of drug-likeness (QED) is 0.792. The number of rotatable bonds is 4. The third-order valence-electron chi connectivity index (χ3n) is 2.81. The number of thiophene rings is 1. The van der Waals surface area contributed by atoms with Gasteiger partial charge in [0, 0.05) is 32.9 Å². The molecule has 0 aliphatic heterocycles. The van der Waals surface area contributed by atoms with Gasteiger partial charge < -0.3 is 10.0 Å². The van der Waals surface area contributed by atoms with Crippen molar-refractivity contribution in [1.29, 1.82) is 0 Å². The molecule has 0 saturated carbocycles. The highest BCUT2D eigenvalue weighted by molar-refractivity contribution is 9.10. The van der Waals surface area contributed by atoms with Gasteiger partial charge >= 0.3 is 12.0 Å². The van der Waals surface area contributed by atoms with Crippen molar-refractivity contribution >= 4 is 45.2 Å². The molecule has 0 saturated heterocycles. The standard InChI is InChI=1S/C13H15BrN2O4S/c1-7(8(2)12(18)19)11(17)15-13(20)16(3)5-10-4-9(14)6-21-10/h4,6H,5H2,1-3H3,(H,18,19)(H,15,17,20). The normalized spacial score (nSPS) is 11.6. The fraction of sp³-hybridized carbons (Fsp3) is 0.308. The van der Waals surface area contributed by atoms with Crippen LogP contribution in [0.1, 0.15) is 18.7 Å². The number of carboxylic acid groups (broad SMARTS) is 1. The molecule has 0 atom stereocenters. The fourth-order valence-corrected chi connectivity index (χ4v) is 2.86. The van der Waals surface area contributed by atoms with Crippen LogP contribution < -0.4 is 5.32 Å². The lowest BCUT2D eigenvalue weighted by molar-refractivity contribution is -0.133. The number of aliphatic carboxylic acids is 1. The summed E-state index contributed by atoms with van der Waals surface area (Å²) >= 11 is 4.81. The Hall–Kier alpha value is -1.67. The molecule has 0 spiro atoms. The number of amides is 3. The number of carbonyl (C=O) groups is 3. The second kappa shape index (κ2) is 7.37. The Morgan fingerprint density at radius 1 is 1.33 bits per heavy atom. The highest BCUT2D eigenvalue weighted by Gasteiger charge is 2.17. The van der Waals surface area contributed by atoms with Gasteiger partial charge in [-0.05, 0) is 35.8 Å². The van der Waals surface area contributed by atoms with Gasteiger partial charge in [-0.3, -0.25) is 10.1 Å². The van der Waals surface area contributed by atoms with Gasteiger partial charge in [0.1, 0.15) is 0 Å². The molecule has 1 aromatic heterocycles. The number of halogens is 1. The van der Waals surface area contributed by atoms with Gasteiger partial charge in [0.15, 0.2) is 0 Å². The summed E-state index contributed by atoms with van der Waals surface area (Å²) in [5.41, 5.74) is -0.0896. The highest BCUT2D eigenvalue weighted by Crippen LogP contribution is 2.20. The van der Waals surface area contributed by atoms with Crippen LogP contribution in [0.15, 0.2) is 27.1 Å². The van der Waals surface area contributed by atoms with Crippen molar-refractivity contribution < 1.29 is 19.5 Å². The van der Waals surface area contributed by atoms with E-state index in [-0.39, 0.29) is 11.1 Å².